The Balaban J connectivity index is 1.71. The van der Waals surface area contributed by atoms with E-state index < -0.39 is 12.2 Å². The van der Waals surface area contributed by atoms with Crippen molar-refractivity contribution in [3.8, 4) is 5.75 Å². The molecule has 1 unspecified atom stereocenters. The van der Waals surface area contributed by atoms with E-state index in [2.05, 4.69) is 20.9 Å². The molecular weight excluding hydrogens is 336 g/mol. The molecule has 0 radical (unpaired) electrons. The first kappa shape index (κ1) is 16.7. The van der Waals surface area contributed by atoms with Crippen LogP contribution in [0.5, 0.6) is 5.75 Å². The summed E-state index contributed by atoms with van der Waals surface area (Å²) in [4.78, 5) is 10.3. The summed E-state index contributed by atoms with van der Waals surface area (Å²) < 4.78 is 32.0. The first-order valence-corrected chi connectivity index (χ1v) is 8.60. The van der Waals surface area contributed by atoms with Crippen LogP contribution < -0.4 is 9.64 Å². The Bertz CT molecular complexity index is 932. The number of hydrogen-bond acceptors (Lipinski definition) is 4. The molecular formula is C20H19F2N3O. The van der Waals surface area contributed by atoms with E-state index in [-0.39, 0.29) is 5.92 Å². The Labute approximate surface area is 150 Å². The molecule has 0 N–H and O–H groups in total. The van der Waals surface area contributed by atoms with Gasteiger partial charge < -0.3 is 9.64 Å². The number of aromatic nitrogens is 2. The highest BCUT2D eigenvalue weighted by Gasteiger charge is 2.29. The molecule has 1 fully saturated rings. The van der Waals surface area contributed by atoms with Gasteiger partial charge in [0.15, 0.2) is 5.82 Å². The van der Waals surface area contributed by atoms with Gasteiger partial charge in [-0.15, -0.1) is 0 Å². The van der Waals surface area contributed by atoms with Crippen molar-refractivity contribution in [2.24, 2.45) is 0 Å². The van der Waals surface area contributed by atoms with Crippen LogP contribution in [0.3, 0.4) is 0 Å². The summed E-state index contributed by atoms with van der Waals surface area (Å²) in [5, 5.41) is 0.803. The predicted molar refractivity (Wildman–Crippen MR) is 97.1 cm³/mol. The molecule has 1 saturated heterocycles. The van der Waals surface area contributed by atoms with Gasteiger partial charge in [-0.25, -0.2) is 18.7 Å². The first-order chi connectivity index (χ1) is 12.7. The van der Waals surface area contributed by atoms with Crippen LogP contribution in [0.15, 0.2) is 48.5 Å². The van der Waals surface area contributed by atoms with Crippen molar-refractivity contribution < 1.29 is 13.5 Å². The minimum atomic E-state index is -2.69. The molecule has 0 saturated carbocycles. The largest absolute Gasteiger partial charge is 0.496 e. The molecule has 1 aliphatic heterocycles. The van der Waals surface area contributed by atoms with Gasteiger partial charge in [0.25, 0.3) is 6.43 Å². The number of ether oxygens (including phenoxy) is 1. The van der Waals surface area contributed by atoms with Crippen molar-refractivity contribution in [1.82, 2.24) is 9.97 Å². The maximum Gasteiger partial charge on any atom is 0.297 e. The fourth-order valence-electron chi connectivity index (χ4n) is 3.63. The Morgan fingerprint density at radius 1 is 1.08 bits per heavy atom. The van der Waals surface area contributed by atoms with Crippen molar-refractivity contribution in [2.75, 3.05) is 25.1 Å². The summed E-state index contributed by atoms with van der Waals surface area (Å²) in [6.07, 6.45) is -1.77. The van der Waals surface area contributed by atoms with E-state index in [1.807, 2.05) is 30.3 Å². The Hall–Kier alpha value is -2.76. The van der Waals surface area contributed by atoms with Gasteiger partial charge >= 0.3 is 0 Å². The molecule has 1 aliphatic rings. The summed E-state index contributed by atoms with van der Waals surface area (Å²) in [6.45, 7) is 1.47. The molecule has 2 heterocycles. The fraction of sp³-hybridized carbons (Fsp3) is 0.300. The number of rotatable bonds is 4. The summed E-state index contributed by atoms with van der Waals surface area (Å²) in [6, 6.07) is 15.3. The zero-order chi connectivity index (χ0) is 18.1. The molecule has 0 spiro atoms. The van der Waals surface area contributed by atoms with Crippen LogP contribution in [-0.2, 0) is 0 Å². The molecule has 1 aromatic heterocycles. The van der Waals surface area contributed by atoms with E-state index in [0.717, 1.165) is 29.7 Å². The molecule has 26 heavy (non-hydrogen) atoms. The highest BCUT2D eigenvalue weighted by atomic mass is 19.3. The maximum atomic E-state index is 13.2. The quantitative estimate of drug-likeness (QED) is 0.687. The van der Waals surface area contributed by atoms with Crippen LogP contribution in [0.1, 0.15) is 30.2 Å². The number of nitrogens with zero attached hydrogens (tertiary/aromatic N) is 3. The van der Waals surface area contributed by atoms with Crippen molar-refractivity contribution in [1.29, 1.82) is 0 Å². The van der Waals surface area contributed by atoms with Gasteiger partial charge in [-0.1, -0.05) is 30.3 Å². The highest BCUT2D eigenvalue weighted by molar-refractivity contribution is 5.89. The molecule has 134 valence electrons. The normalized spacial score (nSPS) is 17.2. The molecule has 0 amide bonds. The second-order valence-corrected chi connectivity index (χ2v) is 6.40. The van der Waals surface area contributed by atoms with Crippen LogP contribution in [-0.4, -0.2) is 30.2 Å². The van der Waals surface area contributed by atoms with E-state index in [1.165, 1.54) is 0 Å². The number of para-hydroxylation sites is 2. The van der Waals surface area contributed by atoms with Gasteiger partial charge in [0, 0.05) is 24.4 Å². The average molecular weight is 355 g/mol. The van der Waals surface area contributed by atoms with Crippen LogP contribution in [0.2, 0.25) is 0 Å². The number of fused-ring (bicyclic) bond motifs is 1. The van der Waals surface area contributed by atoms with Crippen molar-refractivity contribution in [3.05, 3.63) is 59.9 Å². The molecule has 1 atom stereocenters. The number of halogens is 2. The van der Waals surface area contributed by atoms with Gasteiger partial charge in [-0.3, -0.25) is 0 Å². The lowest BCUT2D eigenvalue weighted by atomic mass is 9.97. The van der Waals surface area contributed by atoms with Gasteiger partial charge in [0.2, 0.25) is 0 Å². The third-order valence-corrected chi connectivity index (χ3v) is 4.86. The smallest absolute Gasteiger partial charge is 0.297 e. The number of benzene rings is 2. The van der Waals surface area contributed by atoms with Gasteiger partial charge in [-0.2, -0.15) is 0 Å². The molecule has 2 aromatic carbocycles. The van der Waals surface area contributed by atoms with Crippen LogP contribution in [0, 0.1) is 0 Å². The second kappa shape index (κ2) is 6.86. The summed E-state index contributed by atoms with van der Waals surface area (Å²) >= 11 is 0. The predicted octanol–water partition coefficient (Wildman–Crippen LogP) is 4.57. The number of anilines is 1. The lowest BCUT2D eigenvalue weighted by Crippen LogP contribution is -2.22. The average Bonchev–Trinajstić information content (AvgIpc) is 3.16. The van der Waals surface area contributed by atoms with Crippen molar-refractivity contribution in [2.45, 2.75) is 18.8 Å². The van der Waals surface area contributed by atoms with Crippen LogP contribution in [0.25, 0.3) is 10.9 Å². The molecule has 3 aromatic rings. The SMILES string of the molecule is COc1ccccc1C1CCN(c2nc(C(F)F)nc3ccccc23)C1. The lowest BCUT2D eigenvalue weighted by Gasteiger charge is -2.21. The maximum absolute atomic E-state index is 13.2. The Morgan fingerprint density at radius 3 is 2.65 bits per heavy atom. The van der Waals surface area contributed by atoms with E-state index in [0.29, 0.717) is 17.9 Å². The summed E-state index contributed by atoms with van der Waals surface area (Å²) in [7, 11) is 1.67. The minimum Gasteiger partial charge on any atom is -0.496 e. The lowest BCUT2D eigenvalue weighted by molar-refractivity contribution is 0.141. The summed E-state index contributed by atoms with van der Waals surface area (Å²) in [5.41, 5.74) is 1.69. The van der Waals surface area contributed by atoms with Crippen molar-refractivity contribution >= 4 is 16.7 Å². The monoisotopic (exact) mass is 355 g/mol. The molecule has 0 aliphatic carbocycles. The first-order valence-electron chi connectivity index (χ1n) is 8.60. The van der Waals surface area contributed by atoms with Gasteiger partial charge in [0.1, 0.15) is 11.6 Å². The van der Waals surface area contributed by atoms with Crippen LogP contribution >= 0.6 is 0 Å². The van der Waals surface area contributed by atoms with E-state index in [4.69, 9.17) is 4.74 Å². The molecule has 4 rings (SSSR count). The second-order valence-electron chi connectivity index (χ2n) is 6.40. The van der Waals surface area contributed by atoms with E-state index in [9.17, 15) is 8.78 Å². The summed E-state index contributed by atoms with van der Waals surface area (Å²) in [5.74, 6) is 1.30. The number of alkyl halides is 2. The zero-order valence-corrected chi connectivity index (χ0v) is 14.4. The highest BCUT2D eigenvalue weighted by Crippen LogP contribution is 2.37. The fourth-order valence-corrected chi connectivity index (χ4v) is 3.63. The van der Waals surface area contributed by atoms with Crippen LogP contribution in [0.4, 0.5) is 14.6 Å². The van der Waals surface area contributed by atoms with Gasteiger partial charge in [0.05, 0.1) is 12.6 Å². The zero-order valence-electron chi connectivity index (χ0n) is 14.4. The molecule has 4 nitrogen and oxygen atoms in total. The Morgan fingerprint density at radius 2 is 1.85 bits per heavy atom. The Kier molecular flexibility index (Phi) is 4.41. The number of methoxy groups -OCH3 is 1. The third-order valence-electron chi connectivity index (χ3n) is 4.86. The minimum absolute atomic E-state index is 0.273. The third kappa shape index (κ3) is 2.96. The van der Waals surface area contributed by atoms with E-state index >= 15 is 0 Å². The molecule has 6 heteroatoms. The van der Waals surface area contributed by atoms with E-state index in [1.54, 1.807) is 19.2 Å². The standard InChI is InChI=1S/C20H19F2N3O/c1-26-17-9-5-3-6-14(17)13-10-11-25(12-13)20-15-7-2-4-8-16(15)23-19(24-20)18(21)22/h2-9,13,18H,10-12H2,1H3. The topological polar surface area (TPSA) is 38.2 Å². The number of hydrogen-bond donors (Lipinski definition) is 0. The molecule has 0 bridgehead atoms. The van der Waals surface area contributed by atoms with Crippen molar-refractivity contribution in [3.63, 3.8) is 0 Å². The van der Waals surface area contributed by atoms with Gasteiger partial charge in [-0.05, 0) is 30.2 Å².